The molecule has 0 aliphatic heterocycles. The first-order chi connectivity index (χ1) is 13.0. The Bertz CT molecular complexity index is 711. The van der Waals surface area contributed by atoms with Crippen LogP contribution in [0.3, 0.4) is 0 Å². The Balaban J connectivity index is 1.92. The number of nitriles is 1. The van der Waals surface area contributed by atoms with Crippen molar-refractivity contribution in [1.29, 1.82) is 5.26 Å². The summed E-state index contributed by atoms with van der Waals surface area (Å²) in [4.78, 5) is 23.8. The lowest BCUT2D eigenvalue weighted by atomic mass is 9.95. The van der Waals surface area contributed by atoms with E-state index in [9.17, 15) is 14.9 Å². The van der Waals surface area contributed by atoms with E-state index in [1.54, 1.807) is 44.2 Å². The average molecular weight is 370 g/mol. The van der Waals surface area contributed by atoms with Gasteiger partial charge in [-0.2, -0.15) is 5.26 Å². The lowest BCUT2D eigenvalue weighted by molar-refractivity contribution is -0.149. The number of ether oxygens (including phenoxy) is 2. The molecule has 0 saturated heterocycles. The highest BCUT2D eigenvalue weighted by atomic mass is 16.6. The zero-order valence-corrected chi connectivity index (χ0v) is 15.9. The van der Waals surface area contributed by atoms with E-state index in [0.29, 0.717) is 11.3 Å². The first kappa shape index (κ1) is 20.5. The van der Waals surface area contributed by atoms with Crippen molar-refractivity contribution in [3.05, 3.63) is 35.4 Å². The van der Waals surface area contributed by atoms with Crippen LogP contribution in [-0.2, 0) is 14.3 Å². The van der Waals surface area contributed by atoms with Gasteiger partial charge in [0, 0.05) is 6.04 Å². The number of benzene rings is 1. The molecule has 27 heavy (non-hydrogen) atoms. The van der Waals surface area contributed by atoms with Gasteiger partial charge < -0.3 is 14.8 Å². The minimum Gasteiger partial charge on any atom is -0.482 e. The molecule has 1 fully saturated rings. The number of nitrogens with one attached hydrogen (secondary N) is 1. The molecular weight excluding hydrogens is 344 g/mol. The highest BCUT2D eigenvalue weighted by molar-refractivity contribution is 6.01. The van der Waals surface area contributed by atoms with Crippen molar-refractivity contribution in [2.24, 2.45) is 0 Å². The van der Waals surface area contributed by atoms with E-state index in [-0.39, 0.29) is 30.2 Å². The van der Waals surface area contributed by atoms with Crippen molar-refractivity contribution in [1.82, 2.24) is 5.32 Å². The van der Waals surface area contributed by atoms with Crippen molar-refractivity contribution >= 4 is 18.0 Å². The highest BCUT2D eigenvalue weighted by Crippen LogP contribution is 2.18. The van der Waals surface area contributed by atoms with Crippen LogP contribution < -0.4 is 10.1 Å². The fourth-order valence-corrected chi connectivity index (χ4v) is 2.92. The molecule has 0 radical (unpaired) electrons. The predicted molar refractivity (Wildman–Crippen MR) is 102 cm³/mol. The SMILES string of the molecule is CC(C)OC(=O)COc1ccc(/C=C(/C#N)C(=O)NC2CCCCC2)cc1. The quantitative estimate of drug-likeness (QED) is 0.452. The maximum atomic E-state index is 12.3. The van der Waals surface area contributed by atoms with Crippen LogP contribution in [-0.4, -0.2) is 30.6 Å². The van der Waals surface area contributed by atoms with Crippen LogP contribution in [0.25, 0.3) is 6.08 Å². The topological polar surface area (TPSA) is 88.4 Å². The monoisotopic (exact) mass is 370 g/mol. The van der Waals surface area contributed by atoms with Gasteiger partial charge in [0.25, 0.3) is 5.91 Å². The predicted octanol–water partition coefficient (Wildman–Crippen LogP) is 3.37. The van der Waals surface area contributed by atoms with E-state index in [4.69, 9.17) is 9.47 Å². The van der Waals surface area contributed by atoms with Crippen LogP contribution in [0.2, 0.25) is 0 Å². The summed E-state index contributed by atoms with van der Waals surface area (Å²) in [7, 11) is 0. The number of nitrogens with zero attached hydrogens (tertiary/aromatic N) is 1. The molecule has 0 aromatic heterocycles. The van der Waals surface area contributed by atoms with Gasteiger partial charge in [0.2, 0.25) is 0 Å². The lowest BCUT2D eigenvalue weighted by Gasteiger charge is -2.22. The maximum Gasteiger partial charge on any atom is 0.344 e. The summed E-state index contributed by atoms with van der Waals surface area (Å²) >= 11 is 0. The molecule has 1 aliphatic rings. The van der Waals surface area contributed by atoms with Gasteiger partial charge in [0.1, 0.15) is 17.4 Å². The van der Waals surface area contributed by atoms with Crippen molar-refractivity contribution in [2.45, 2.75) is 58.1 Å². The molecule has 0 bridgehead atoms. The zero-order chi connectivity index (χ0) is 19.6. The molecule has 144 valence electrons. The molecule has 0 unspecified atom stereocenters. The third-order valence-electron chi connectivity index (χ3n) is 4.22. The Kier molecular flexibility index (Phi) is 7.87. The van der Waals surface area contributed by atoms with Gasteiger partial charge in [-0.15, -0.1) is 0 Å². The molecule has 0 heterocycles. The molecule has 1 saturated carbocycles. The van der Waals surface area contributed by atoms with E-state index in [1.165, 1.54) is 6.42 Å². The van der Waals surface area contributed by atoms with E-state index >= 15 is 0 Å². The van der Waals surface area contributed by atoms with Crippen LogP contribution in [0, 0.1) is 11.3 Å². The Hall–Kier alpha value is -2.81. The Morgan fingerprint density at radius 1 is 1.22 bits per heavy atom. The molecule has 0 atom stereocenters. The van der Waals surface area contributed by atoms with Gasteiger partial charge in [-0.1, -0.05) is 31.4 Å². The molecule has 1 aromatic carbocycles. The fraction of sp³-hybridized carbons (Fsp3) is 0.476. The minimum atomic E-state index is -0.430. The lowest BCUT2D eigenvalue weighted by Crippen LogP contribution is -2.36. The fourth-order valence-electron chi connectivity index (χ4n) is 2.92. The van der Waals surface area contributed by atoms with Crippen molar-refractivity contribution < 1.29 is 19.1 Å². The molecule has 1 aliphatic carbocycles. The van der Waals surface area contributed by atoms with Crippen LogP contribution >= 0.6 is 0 Å². The number of carbonyl (C=O) groups excluding carboxylic acids is 2. The van der Waals surface area contributed by atoms with Gasteiger partial charge >= 0.3 is 5.97 Å². The van der Waals surface area contributed by atoms with Crippen LogP contribution in [0.4, 0.5) is 0 Å². The van der Waals surface area contributed by atoms with Crippen molar-refractivity contribution in [2.75, 3.05) is 6.61 Å². The third-order valence-corrected chi connectivity index (χ3v) is 4.22. The Morgan fingerprint density at radius 3 is 2.48 bits per heavy atom. The number of hydrogen-bond acceptors (Lipinski definition) is 5. The summed E-state index contributed by atoms with van der Waals surface area (Å²) in [6.07, 6.45) is 6.74. The summed E-state index contributed by atoms with van der Waals surface area (Å²) in [6, 6.07) is 8.95. The standard InChI is InChI=1S/C21H26N2O4/c1-15(2)27-20(24)14-26-19-10-8-16(9-11-19)12-17(13-22)21(25)23-18-6-4-3-5-7-18/h8-12,15,18H,3-7,14H2,1-2H3,(H,23,25)/b17-12-. The van der Waals surface area contributed by atoms with E-state index in [1.807, 2.05) is 6.07 Å². The third kappa shape index (κ3) is 7.14. The molecule has 1 aromatic rings. The smallest absolute Gasteiger partial charge is 0.344 e. The van der Waals surface area contributed by atoms with E-state index < -0.39 is 5.97 Å². The van der Waals surface area contributed by atoms with Gasteiger partial charge in [0.15, 0.2) is 6.61 Å². The summed E-state index contributed by atoms with van der Waals surface area (Å²) < 4.78 is 10.4. The second-order valence-corrected chi connectivity index (χ2v) is 6.87. The molecule has 6 heteroatoms. The number of esters is 1. The van der Waals surface area contributed by atoms with Crippen molar-refractivity contribution in [3.63, 3.8) is 0 Å². The second kappa shape index (κ2) is 10.4. The Labute approximate surface area is 160 Å². The summed E-state index contributed by atoms with van der Waals surface area (Å²) in [6.45, 7) is 3.38. The number of carbonyl (C=O) groups is 2. The first-order valence-electron chi connectivity index (χ1n) is 9.33. The molecule has 1 amide bonds. The van der Waals surface area contributed by atoms with Gasteiger partial charge in [-0.25, -0.2) is 4.79 Å². The van der Waals surface area contributed by atoms with Gasteiger partial charge in [-0.3, -0.25) is 4.79 Å². The average Bonchev–Trinajstić information content (AvgIpc) is 2.65. The molecule has 6 nitrogen and oxygen atoms in total. The van der Waals surface area contributed by atoms with Crippen LogP contribution in [0.15, 0.2) is 29.8 Å². The maximum absolute atomic E-state index is 12.3. The summed E-state index contributed by atoms with van der Waals surface area (Å²) in [5.41, 5.74) is 0.789. The van der Waals surface area contributed by atoms with Gasteiger partial charge in [0.05, 0.1) is 6.10 Å². The molecule has 0 spiro atoms. The first-order valence-corrected chi connectivity index (χ1v) is 9.33. The van der Waals surface area contributed by atoms with Crippen LogP contribution in [0.1, 0.15) is 51.5 Å². The van der Waals surface area contributed by atoms with E-state index in [0.717, 1.165) is 25.7 Å². The second-order valence-electron chi connectivity index (χ2n) is 6.87. The summed E-state index contributed by atoms with van der Waals surface area (Å²) in [5, 5.41) is 12.2. The number of rotatable bonds is 7. The zero-order valence-electron chi connectivity index (χ0n) is 15.9. The van der Waals surface area contributed by atoms with Crippen molar-refractivity contribution in [3.8, 4) is 11.8 Å². The minimum absolute atomic E-state index is 0.0785. The number of amides is 1. The number of hydrogen-bond donors (Lipinski definition) is 1. The Morgan fingerprint density at radius 2 is 1.89 bits per heavy atom. The summed E-state index contributed by atoms with van der Waals surface area (Å²) in [5.74, 6) is -0.251. The largest absolute Gasteiger partial charge is 0.482 e. The van der Waals surface area contributed by atoms with Crippen LogP contribution in [0.5, 0.6) is 5.75 Å². The molecule has 2 rings (SSSR count). The van der Waals surface area contributed by atoms with Gasteiger partial charge in [-0.05, 0) is 50.5 Å². The molecular formula is C21H26N2O4. The highest BCUT2D eigenvalue weighted by Gasteiger charge is 2.18. The normalized spacial score (nSPS) is 15.1. The van der Waals surface area contributed by atoms with E-state index in [2.05, 4.69) is 5.32 Å². The molecule has 1 N–H and O–H groups in total.